The molecule has 3 heterocycles. The van der Waals surface area contributed by atoms with Crippen LogP contribution >= 0.6 is 47.8 Å². The molecule has 0 unspecified atom stereocenters. The van der Waals surface area contributed by atoms with Crippen molar-refractivity contribution < 1.29 is 4.79 Å². The predicted octanol–water partition coefficient (Wildman–Crippen LogP) is 2.85. The van der Waals surface area contributed by atoms with E-state index in [0.29, 0.717) is 27.3 Å². The maximum atomic E-state index is 11.4. The molecule has 9 nitrogen and oxygen atoms in total. The van der Waals surface area contributed by atoms with E-state index in [-0.39, 0.29) is 37.3 Å². The van der Waals surface area contributed by atoms with E-state index in [1.165, 1.54) is 11.3 Å². The van der Waals surface area contributed by atoms with E-state index in [0.717, 1.165) is 16.0 Å². The number of fused-ring (bicyclic) bond motifs is 1. The molecular formula is C15H15Cl3N8OS. The van der Waals surface area contributed by atoms with E-state index in [2.05, 4.69) is 25.5 Å². The summed E-state index contributed by atoms with van der Waals surface area (Å²) in [6.07, 6.45) is 3.32. The van der Waals surface area contributed by atoms with Gasteiger partial charge in [0.25, 0.3) is 0 Å². The van der Waals surface area contributed by atoms with Crippen molar-refractivity contribution in [2.75, 3.05) is 17.6 Å². The Kier molecular flexibility index (Phi) is 6.86. The van der Waals surface area contributed by atoms with Crippen LogP contribution in [0, 0.1) is 0 Å². The molecule has 1 aromatic carbocycles. The predicted molar refractivity (Wildman–Crippen MR) is 116 cm³/mol. The number of carbonyl (C=O) groups excluding carboxylic acids is 1. The monoisotopic (exact) mass is 460 g/mol. The lowest BCUT2D eigenvalue weighted by molar-refractivity contribution is -0.114. The number of nitrogens with zero attached hydrogens (tertiary/aromatic N) is 4. The Morgan fingerprint density at radius 1 is 1.36 bits per heavy atom. The van der Waals surface area contributed by atoms with Crippen LogP contribution in [0.2, 0.25) is 5.02 Å². The average molecular weight is 462 g/mol. The zero-order chi connectivity index (χ0) is 18.3. The largest absolute Gasteiger partial charge is 0.375 e. The van der Waals surface area contributed by atoms with Gasteiger partial charge in [-0.2, -0.15) is 5.10 Å². The molecule has 13 heteroatoms. The third kappa shape index (κ3) is 3.91. The van der Waals surface area contributed by atoms with Crippen molar-refractivity contribution in [1.29, 1.82) is 0 Å². The van der Waals surface area contributed by atoms with Crippen LogP contribution in [0.5, 0.6) is 0 Å². The normalized spacial score (nSPS) is 10.4. The van der Waals surface area contributed by atoms with Gasteiger partial charge in [-0.3, -0.25) is 14.5 Å². The van der Waals surface area contributed by atoms with E-state index in [1.54, 1.807) is 35.3 Å². The van der Waals surface area contributed by atoms with Gasteiger partial charge >= 0.3 is 0 Å². The van der Waals surface area contributed by atoms with Crippen LogP contribution in [-0.4, -0.2) is 37.2 Å². The second-order valence-electron chi connectivity index (χ2n) is 5.37. The van der Waals surface area contributed by atoms with Gasteiger partial charge in [-0.05, 0) is 18.2 Å². The molecule has 6 N–H and O–H groups in total. The fourth-order valence-electron chi connectivity index (χ4n) is 2.56. The number of nitrogen functional groups attached to an aromatic ring is 1. The number of imidazole rings is 1. The van der Waals surface area contributed by atoms with Crippen LogP contribution in [0.1, 0.15) is 0 Å². The molecule has 148 valence electrons. The molecule has 0 fully saturated rings. The minimum atomic E-state index is -0.291. The zero-order valence-electron chi connectivity index (χ0n) is 14.0. The number of rotatable bonds is 4. The first-order chi connectivity index (χ1) is 12.6. The SMILES string of the molecule is Cl.Cl.NCC(=O)Nc1ccc(-c2cncn2-c2n[nH]c3nc(N)sc23)c(Cl)c1. The second kappa shape index (κ2) is 8.76. The van der Waals surface area contributed by atoms with Gasteiger partial charge in [-0.25, -0.2) is 9.97 Å². The highest BCUT2D eigenvalue weighted by Gasteiger charge is 2.17. The molecule has 0 spiro atoms. The minimum Gasteiger partial charge on any atom is -0.375 e. The number of aromatic amines is 1. The van der Waals surface area contributed by atoms with Gasteiger partial charge in [0.2, 0.25) is 5.91 Å². The number of anilines is 2. The molecule has 0 saturated heterocycles. The highest BCUT2D eigenvalue weighted by atomic mass is 35.5. The molecule has 4 aromatic rings. The van der Waals surface area contributed by atoms with Crippen LogP contribution in [0.3, 0.4) is 0 Å². The van der Waals surface area contributed by atoms with Crippen LogP contribution < -0.4 is 16.8 Å². The Labute approximate surface area is 180 Å². The number of nitrogens with two attached hydrogens (primary N) is 2. The number of hydrogen-bond acceptors (Lipinski definition) is 7. The van der Waals surface area contributed by atoms with Gasteiger partial charge in [-0.1, -0.05) is 22.9 Å². The van der Waals surface area contributed by atoms with E-state index in [1.807, 2.05) is 0 Å². The Bertz CT molecular complexity index is 1120. The molecule has 0 atom stereocenters. The van der Waals surface area contributed by atoms with E-state index in [9.17, 15) is 4.79 Å². The van der Waals surface area contributed by atoms with Crippen LogP contribution in [0.25, 0.3) is 27.4 Å². The van der Waals surface area contributed by atoms with Crippen molar-refractivity contribution in [3.63, 3.8) is 0 Å². The molecular weight excluding hydrogens is 447 g/mol. The summed E-state index contributed by atoms with van der Waals surface area (Å²) in [5.74, 6) is 0.346. The number of thiazole rings is 1. The highest BCUT2D eigenvalue weighted by molar-refractivity contribution is 7.22. The standard InChI is InChI=1S/C15H13ClN8OS.2ClH/c16-9-3-7(20-11(25)4-17)1-2-8(9)10-5-19-6-24(10)14-12-13(22-23-14)21-15(18)26-12;;/h1-3,5-6H,4,17H2,(H,20,25)(H3,18,21,22,23);2*1H. The number of nitrogens with one attached hydrogen (secondary N) is 2. The van der Waals surface area contributed by atoms with E-state index >= 15 is 0 Å². The Hall–Kier alpha value is -2.37. The number of hydrogen-bond donors (Lipinski definition) is 4. The topological polar surface area (TPSA) is 141 Å². The van der Waals surface area contributed by atoms with Crippen molar-refractivity contribution >= 4 is 74.8 Å². The van der Waals surface area contributed by atoms with Crippen molar-refractivity contribution in [1.82, 2.24) is 24.7 Å². The summed E-state index contributed by atoms with van der Waals surface area (Å²) in [5.41, 5.74) is 13.7. The summed E-state index contributed by atoms with van der Waals surface area (Å²) in [4.78, 5) is 19.8. The van der Waals surface area contributed by atoms with Crippen molar-refractivity contribution in [2.45, 2.75) is 0 Å². The van der Waals surface area contributed by atoms with Crippen molar-refractivity contribution in [3.8, 4) is 17.1 Å². The number of benzene rings is 1. The third-order valence-electron chi connectivity index (χ3n) is 3.70. The fourth-order valence-corrected chi connectivity index (χ4v) is 3.61. The maximum Gasteiger partial charge on any atom is 0.238 e. The lowest BCUT2D eigenvalue weighted by atomic mass is 10.1. The summed E-state index contributed by atoms with van der Waals surface area (Å²) in [6, 6.07) is 5.20. The van der Waals surface area contributed by atoms with Gasteiger partial charge < -0.3 is 16.8 Å². The van der Waals surface area contributed by atoms with E-state index in [4.69, 9.17) is 23.1 Å². The smallest absolute Gasteiger partial charge is 0.238 e. The molecule has 1 amide bonds. The fraction of sp³-hybridized carbons (Fsp3) is 0.0667. The quantitative estimate of drug-likeness (QED) is 0.368. The van der Waals surface area contributed by atoms with Gasteiger partial charge in [-0.15, -0.1) is 24.8 Å². The number of H-pyrrole nitrogens is 1. The van der Waals surface area contributed by atoms with Gasteiger partial charge in [0.05, 0.1) is 23.5 Å². The summed E-state index contributed by atoms with van der Waals surface area (Å²) in [6.45, 7) is -0.0979. The molecule has 0 bridgehead atoms. The average Bonchev–Trinajstić information content (AvgIpc) is 3.30. The van der Waals surface area contributed by atoms with Gasteiger partial charge in [0.1, 0.15) is 11.0 Å². The van der Waals surface area contributed by atoms with Gasteiger partial charge in [0.15, 0.2) is 16.6 Å². The molecule has 0 aliphatic heterocycles. The Morgan fingerprint density at radius 3 is 2.86 bits per heavy atom. The number of carbonyl (C=O) groups is 1. The molecule has 0 radical (unpaired) electrons. The summed E-state index contributed by atoms with van der Waals surface area (Å²) in [5, 5.41) is 10.7. The second-order valence-corrected chi connectivity index (χ2v) is 6.81. The van der Waals surface area contributed by atoms with E-state index < -0.39 is 0 Å². The number of amides is 1. The van der Waals surface area contributed by atoms with Crippen molar-refractivity contribution in [3.05, 3.63) is 35.7 Å². The first-order valence-corrected chi connectivity index (χ1v) is 8.69. The Morgan fingerprint density at radius 2 is 2.14 bits per heavy atom. The minimum absolute atomic E-state index is 0. The first kappa shape index (κ1) is 21.9. The first-order valence-electron chi connectivity index (χ1n) is 7.49. The number of halogens is 3. The zero-order valence-corrected chi connectivity index (χ0v) is 17.3. The van der Waals surface area contributed by atoms with Crippen LogP contribution in [0.15, 0.2) is 30.7 Å². The molecule has 0 aliphatic carbocycles. The van der Waals surface area contributed by atoms with Crippen LogP contribution in [0.4, 0.5) is 10.8 Å². The molecule has 4 rings (SSSR count). The summed E-state index contributed by atoms with van der Waals surface area (Å²) >= 11 is 7.76. The lowest BCUT2D eigenvalue weighted by Crippen LogP contribution is -2.21. The Balaban J connectivity index is 0.00000140. The summed E-state index contributed by atoms with van der Waals surface area (Å²) < 4.78 is 2.63. The van der Waals surface area contributed by atoms with Crippen LogP contribution in [-0.2, 0) is 4.79 Å². The lowest BCUT2D eigenvalue weighted by Gasteiger charge is -2.10. The molecule has 0 aliphatic rings. The maximum absolute atomic E-state index is 11.4. The number of aromatic nitrogens is 5. The highest BCUT2D eigenvalue weighted by Crippen LogP contribution is 2.34. The summed E-state index contributed by atoms with van der Waals surface area (Å²) in [7, 11) is 0. The molecule has 28 heavy (non-hydrogen) atoms. The molecule has 0 saturated carbocycles. The molecule has 3 aromatic heterocycles. The van der Waals surface area contributed by atoms with Crippen molar-refractivity contribution in [2.24, 2.45) is 5.73 Å². The third-order valence-corrected chi connectivity index (χ3v) is 4.89. The van der Waals surface area contributed by atoms with Gasteiger partial charge in [0, 0.05) is 11.3 Å².